The molecule has 0 amide bonds. The molecule has 1 saturated carbocycles. The predicted molar refractivity (Wildman–Crippen MR) is 90.7 cm³/mol. The van der Waals surface area contributed by atoms with Crippen LogP contribution in [0.4, 0.5) is 5.82 Å². The lowest BCUT2D eigenvalue weighted by atomic mass is 9.84. The minimum atomic E-state index is 0.671. The van der Waals surface area contributed by atoms with E-state index in [2.05, 4.69) is 48.2 Å². The number of aromatic nitrogens is 1. The Morgan fingerprint density at radius 3 is 2.52 bits per heavy atom. The standard InChI is InChI=1S/C18H31N3/c1-4-12-19-13-16-8-11-18(20-14-16)21(3)17-9-6-15(5-2)7-10-17/h8,11,14-15,17,19H,4-7,9-10,12-13H2,1-3H3. The summed E-state index contributed by atoms with van der Waals surface area (Å²) >= 11 is 0. The zero-order chi connectivity index (χ0) is 15.1. The second kappa shape index (κ2) is 8.38. The maximum atomic E-state index is 4.66. The molecule has 1 fully saturated rings. The molecule has 0 unspecified atom stereocenters. The fraction of sp³-hybridized carbons (Fsp3) is 0.722. The van der Waals surface area contributed by atoms with Gasteiger partial charge in [0.05, 0.1) is 0 Å². The Bertz CT molecular complexity index is 393. The molecule has 0 aliphatic heterocycles. The maximum absolute atomic E-state index is 4.66. The van der Waals surface area contributed by atoms with Crippen molar-refractivity contribution in [2.75, 3.05) is 18.5 Å². The van der Waals surface area contributed by atoms with E-state index >= 15 is 0 Å². The van der Waals surface area contributed by atoms with Crippen LogP contribution in [-0.4, -0.2) is 24.6 Å². The highest BCUT2D eigenvalue weighted by molar-refractivity contribution is 5.39. The molecule has 1 N–H and O–H groups in total. The Balaban J connectivity index is 1.86. The van der Waals surface area contributed by atoms with E-state index < -0.39 is 0 Å². The molecule has 0 saturated heterocycles. The van der Waals surface area contributed by atoms with E-state index in [4.69, 9.17) is 0 Å². The first-order chi connectivity index (χ1) is 10.2. The van der Waals surface area contributed by atoms with Crippen LogP contribution in [-0.2, 0) is 6.54 Å². The second-order valence-electron chi connectivity index (χ2n) is 6.40. The molecule has 0 atom stereocenters. The van der Waals surface area contributed by atoms with E-state index in [0.717, 1.165) is 24.8 Å². The van der Waals surface area contributed by atoms with E-state index in [1.807, 2.05) is 6.20 Å². The van der Waals surface area contributed by atoms with Gasteiger partial charge in [-0.15, -0.1) is 0 Å². The van der Waals surface area contributed by atoms with Crippen LogP contribution >= 0.6 is 0 Å². The van der Waals surface area contributed by atoms with Gasteiger partial charge in [0.25, 0.3) is 0 Å². The Labute approximate surface area is 130 Å². The third kappa shape index (κ3) is 4.70. The van der Waals surface area contributed by atoms with Gasteiger partial charge in [-0.05, 0) is 56.2 Å². The van der Waals surface area contributed by atoms with Gasteiger partial charge < -0.3 is 10.2 Å². The first kappa shape index (κ1) is 16.3. The van der Waals surface area contributed by atoms with Crippen molar-refractivity contribution in [1.29, 1.82) is 0 Å². The number of nitrogens with one attached hydrogen (secondary N) is 1. The largest absolute Gasteiger partial charge is 0.357 e. The molecule has 1 aliphatic rings. The van der Waals surface area contributed by atoms with Crippen molar-refractivity contribution in [3.63, 3.8) is 0 Å². The Morgan fingerprint density at radius 2 is 1.95 bits per heavy atom. The number of pyridine rings is 1. The van der Waals surface area contributed by atoms with E-state index in [1.165, 1.54) is 44.1 Å². The van der Waals surface area contributed by atoms with E-state index in [0.29, 0.717) is 6.04 Å². The molecule has 118 valence electrons. The third-order valence-electron chi connectivity index (χ3n) is 4.87. The van der Waals surface area contributed by atoms with Crippen molar-refractivity contribution < 1.29 is 0 Å². The molecule has 3 nitrogen and oxygen atoms in total. The van der Waals surface area contributed by atoms with Crippen LogP contribution in [0.25, 0.3) is 0 Å². The van der Waals surface area contributed by atoms with Crippen molar-refractivity contribution >= 4 is 5.82 Å². The molecule has 1 heterocycles. The van der Waals surface area contributed by atoms with Crippen LogP contribution in [0, 0.1) is 5.92 Å². The van der Waals surface area contributed by atoms with Gasteiger partial charge in [0.2, 0.25) is 0 Å². The van der Waals surface area contributed by atoms with Crippen LogP contribution in [0.2, 0.25) is 0 Å². The van der Waals surface area contributed by atoms with Crippen molar-refractivity contribution in [2.24, 2.45) is 5.92 Å². The molecular formula is C18H31N3. The van der Waals surface area contributed by atoms with Crippen LogP contribution in [0.5, 0.6) is 0 Å². The highest BCUT2D eigenvalue weighted by Crippen LogP contribution is 2.30. The van der Waals surface area contributed by atoms with Crippen molar-refractivity contribution in [3.8, 4) is 0 Å². The van der Waals surface area contributed by atoms with Crippen LogP contribution < -0.4 is 10.2 Å². The molecule has 0 aromatic carbocycles. The highest BCUT2D eigenvalue weighted by Gasteiger charge is 2.23. The van der Waals surface area contributed by atoms with E-state index in [-0.39, 0.29) is 0 Å². The van der Waals surface area contributed by atoms with Crippen LogP contribution in [0.3, 0.4) is 0 Å². The fourth-order valence-electron chi connectivity index (χ4n) is 3.27. The summed E-state index contributed by atoms with van der Waals surface area (Å²) in [5, 5.41) is 3.42. The lowest BCUT2D eigenvalue weighted by Crippen LogP contribution is -2.35. The van der Waals surface area contributed by atoms with Gasteiger partial charge >= 0.3 is 0 Å². The average Bonchev–Trinajstić information content (AvgIpc) is 2.55. The monoisotopic (exact) mass is 289 g/mol. The maximum Gasteiger partial charge on any atom is 0.128 e. The fourth-order valence-corrected chi connectivity index (χ4v) is 3.27. The zero-order valence-corrected chi connectivity index (χ0v) is 13.9. The molecular weight excluding hydrogens is 258 g/mol. The topological polar surface area (TPSA) is 28.2 Å². The average molecular weight is 289 g/mol. The SMILES string of the molecule is CCCNCc1ccc(N(C)C2CCC(CC)CC2)nc1. The van der Waals surface area contributed by atoms with Gasteiger partial charge in [-0.2, -0.15) is 0 Å². The van der Waals surface area contributed by atoms with Gasteiger partial charge in [0, 0.05) is 25.8 Å². The molecule has 1 aliphatic carbocycles. The third-order valence-corrected chi connectivity index (χ3v) is 4.87. The second-order valence-corrected chi connectivity index (χ2v) is 6.40. The molecule has 2 rings (SSSR count). The van der Waals surface area contributed by atoms with Crippen molar-refractivity contribution in [2.45, 2.75) is 65.0 Å². The van der Waals surface area contributed by atoms with Crippen LogP contribution in [0.15, 0.2) is 18.3 Å². The van der Waals surface area contributed by atoms with Crippen molar-refractivity contribution in [1.82, 2.24) is 10.3 Å². The molecule has 1 aromatic heterocycles. The molecule has 0 radical (unpaired) electrons. The highest BCUT2D eigenvalue weighted by atomic mass is 15.2. The van der Waals surface area contributed by atoms with Gasteiger partial charge in [-0.1, -0.05) is 26.3 Å². The normalized spacial score (nSPS) is 22.2. The summed E-state index contributed by atoms with van der Waals surface area (Å²) in [5.41, 5.74) is 1.27. The quantitative estimate of drug-likeness (QED) is 0.769. The number of rotatable bonds is 7. The molecule has 1 aromatic rings. The molecule has 21 heavy (non-hydrogen) atoms. The number of hydrogen-bond donors (Lipinski definition) is 1. The Kier molecular flexibility index (Phi) is 6.50. The minimum absolute atomic E-state index is 0.671. The van der Waals surface area contributed by atoms with Crippen LogP contribution in [0.1, 0.15) is 57.9 Å². The van der Waals surface area contributed by atoms with Gasteiger partial charge in [-0.25, -0.2) is 4.98 Å². The van der Waals surface area contributed by atoms with E-state index in [1.54, 1.807) is 0 Å². The van der Waals surface area contributed by atoms with Gasteiger partial charge in [0.15, 0.2) is 0 Å². The molecule has 3 heteroatoms. The summed E-state index contributed by atoms with van der Waals surface area (Å²) in [6, 6.07) is 5.05. The number of anilines is 1. The molecule has 0 bridgehead atoms. The number of hydrogen-bond acceptors (Lipinski definition) is 3. The van der Waals surface area contributed by atoms with Crippen molar-refractivity contribution in [3.05, 3.63) is 23.9 Å². The Hall–Kier alpha value is -1.09. The lowest BCUT2D eigenvalue weighted by molar-refractivity contribution is 0.313. The molecule has 0 spiro atoms. The number of nitrogens with zero attached hydrogens (tertiary/aromatic N) is 2. The summed E-state index contributed by atoms with van der Waals surface area (Å²) in [4.78, 5) is 7.04. The summed E-state index contributed by atoms with van der Waals surface area (Å²) in [7, 11) is 2.20. The summed E-state index contributed by atoms with van der Waals surface area (Å²) < 4.78 is 0. The predicted octanol–water partition coefficient (Wildman–Crippen LogP) is 3.99. The lowest BCUT2D eigenvalue weighted by Gasteiger charge is -2.35. The minimum Gasteiger partial charge on any atom is -0.357 e. The Morgan fingerprint density at radius 1 is 1.19 bits per heavy atom. The summed E-state index contributed by atoms with van der Waals surface area (Å²) in [5.74, 6) is 2.07. The smallest absolute Gasteiger partial charge is 0.128 e. The first-order valence-electron chi connectivity index (χ1n) is 8.63. The summed E-state index contributed by atoms with van der Waals surface area (Å²) in [6.07, 6.45) is 9.93. The van der Waals surface area contributed by atoms with E-state index in [9.17, 15) is 0 Å². The summed E-state index contributed by atoms with van der Waals surface area (Å²) in [6.45, 7) is 6.51. The first-order valence-corrected chi connectivity index (χ1v) is 8.63. The van der Waals surface area contributed by atoms with Gasteiger partial charge in [0.1, 0.15) is 5.82 Å². The zero-order valence-electron chi connectivity index (χ0n) is 13.9. The van der Waals surface area contributed by atoms with Gasteiger partial charge in [-0.3, -0.25) is 0 Å².